The van der Waals surface area contributed by atoms with Gasteiger partial charge in [0, 0.05) is 5.56 Å². The molecule has 0 aliphatic rings. The molecule has 1 atom stereocenters. The molecular weight excluding hydrogens is 159 g/mol. The zero-order valence-electron chi connectivity index (χ0n) is 5.43. The molecule has 0 aliphatic carbocycles. The van der Waals surface area contributed by atoms with Gasteiger partial charge in [0.1, 0.15) is 6.04 Å². The summed E-state index contributed by atoms with van der Waals surface area (Å²) >= 11 is 0. The van der Waals surface area contributed by atoms with Crippen LogP contribution in [0.15, 0.2) is 23.0 Å². The maximum Gasteiger partial charge on any atom is 0.407 e. The Morgan fingerprint density at radius 1 is 1.45 bits per heavy atom. The van der Waals surface area contributed by atoms with E-state index in [0.717, 1.165) is 12.5 Å². The molecule has 0 bridgehead atoms. The van der Waals surface area contributed by atoms with Crippen LogP contribution in [0.3, 0.4) is 0 Å². The van der Waals surface area contributed by atoms with Crippen molar-refractivity contribution in [1.82, 2.24) is 0 Å². The van der Waals surface area contributed by atoms with E-state index >= 15 is 0 Å². The topological polar surface area (TPSA) is 39.2 Å². The zero-order valence-corrected chi connectivity index (χ0v) is 5.43. The molecule has 0 aliphatic heterocycles. The molecule has 5 heteroatoms. The second-order valence-electron chi connectivity index (χ2n) is 2.08. The van der Waals surface area contributed by atoms with E-state index in [1.54, 1.807) is 0 Å². The first kappa shape index (κ1) is 8.13. The Balaban J connectivity index is 2.78. The number of rotatable bonds is 1. The Morgan fingerprint density at radius 2 is 2.09 bits per heavy atom. The molecule has 0 saturated heterocycles. The predicted octanol–water partition coefficient (Wildman–Crippen LogP) is 1.84. The summed E-state index contributed by atoms with van der Waals surface area (Å²) in [6, 6.07) is -0.751. The molecule has 1 aromatic heterocycles. The van der Waals surface area contributed by atoms with E-state index in [2.05, 4.69) is 4.42 Å². The van der Waals surface area contributed by atoms with Crippen molar-refractivity contribution in [3.8, 4) is 0 Å². The van der Waals surface area contributed by atoms with E-state index < -0.39 is 12.2 Å². The lowest BCUT2D eigenvalue weighted by Gasteiger charge is -2.12. The molecule has 1 heterocycles. The summed E-state index contributed by atoms with van der Waals surface area (Å²) in [4.78, 5) is 0. The van der Waals surface area contributed by atoms with Crippen LogP contribution in [0.2, 0.25) is 0 Å². The quantitative estimate of drug-likeness (QED) is 0.689. The van der Waals surface area contributed by atoms with E-state index in [1.165, 1.54) is 6.07 Å². The minimum atomic E-state index is -4.40. The lowest BCUT2D eigenvalue weighted by Crippen LogP contribution is -2.27. The van der Waals surface area contributed by atoms with Crippen molar-refractivity contribution in [3.05, 3.63) is 24.2 Å². The van der Waals surface area contributed by atoms with Crippen molar-refractivity contribution >= 4 is 0 Å². The van der Waals surface area contributed by atoms with Crippen LogP contribution in [0.5, 0.6) is 0 Å². The van der Waals surface area contributed by atoms with Gasteiger partial charge in [-0.05, 0) is 6.07 Å². The van der Waals surface area contributed by atoms with E-state index in [0.29, 0.717) is 0 Å². The van der Waals surface area contributed by atoms with Crippen molar-refractivity contribution in [1.29, 1.82) is 0 Å². The number of nitrogens with two attached hydrogens (primary N) is 1. The van der Waals surface area contributed by atoms with Crippen LogP contribution in [0.4, 0.5) is 13.2 Å². The normalized spacial score (nSPS) is 14.9. The molecule has 62 valence electrons. The Hall–Kier alpha value is -0.970. The Labute approximate surface area is 60.8 Å². The van der Waals surface area contributed by atoms with Crippen molar-refractivity contribution < 1.29 is 17.6 Å². The van der Waals surface area contributed by atoms with Gasteiger partial charge in [-0.1, -0.05) is 0 Å². The molecule has 0 spiro atoms. The average Bonchev–Trinajstić information content (AvgIpc) is 2.34. The van der Waals surface area contributed by atoms with Gasteiger partial charge in [-0.3, -0.25) is 0 Å². The van der Waals surface area contributed by atoms with E-state index in [9.17, 15) is 13.2 Å². The maximum absolute atomic E-state index is 11.8. The summed E-state index contributed by atoms with van der Waals surface area (Å²) < 4.78 is 40.0. The van der Waals surface area contributed by atoms with Crippen molar-refractivity contribution in [2.24, 2.45) is 5.73 Å². The molecule has 0 aromatic carbocycles. The fourth-order valence-corrected chi connectivity index (χ4v) is 0.641. The van der Waals surface area contributed by atoms with Crippen LogP contribution in [0, 0.1) is 0 Å². The van der Waals surface area contributed by atoms with E-state index in [4.69, 9.17) is 5.73 Å². The van der Waals surface area contributed by atoms with Crippen molar-refractivity contribution in [3.63, 3.8) is 0 Å². The molecule has 0 saturated carbocycles. The zero-order chi connectivity index (χ0) is 8.48. The lowest BCUT2D eigenvalue weighted by molar-refractivity contribution is -0.149. The number of hydrogen-bond donors (Lipinski definition) is 1. The first-order chi connectivity index (χ1) is 5.02. The first-order valence-electron chi connectivity index (χ1n) is 2.86. The first-order valence-corrected chi connectivity index (χ1v) is 2.86. The second kappa shape index (κ2) is 2.58. The summed E-state index contributed by atoms with van der Waals surface area (Å²) in [5.41, 5.74) is 4.77. The van der Waals surface area contributed by atoms with E-state index in [-0.39, 0.29) is 5.56 Å². The van der Waals surface area contributed by atoms with Gasteiger partial charge in [-0.2, -0.15) is 13.2 Å². The molecule has 0 unspecified atom stereocenters. The van der Waals surface area contributed by atoms with Crippen molar-refractivity contribution in [2.45, 2.75) is 12.2 Å². The van der Waals surface area contributed by atoms with Gasteiger partial charge in [0.25, 0.3) is 0 Å². The third-order valence-electron chi connectivity index (χ3n) is 1.25. The molecule has 1 aromatic rings. The molecule has 1 rings (SSSR count). The molecule has 2 N–H and O–H groups in total. The smallest absolute Gasteiger partial charge is 0.407 e. The highest BCUT2D eigenvalue weighted by Crippen LogP contribution is 2.30. The summed E-state index contributed by atoms with van der Waals surface area (Å²) in [6.07, 6.45) is -2.26. The summed E-state index contributed by atoms with van der Waals surface area (Å²) in [6.45, 7) is 0. The highest BCUT2D eigenvalue weighted by molar-refractivity contribution is 5.12. The largest absolute Gasteiger partial charge is 0.472 e. The minimum absolute atomic E-state index is 0.0579. The molecule has 0 amide bonds. The number of furan rings is 1. The van der Waals surface area contributed by atoms with Crippen LogP contribution in [-0.4, -0.2) is 6.18 Å². The third kappa shape index (κ3) is 1.74. The van der Waals surface area contributed by atoms with Crippen LogP contribution in [0.1, 0.15) is 11.6 Å². The Morgan fingerprint density at radius 3 is 2.45 bits per heavy atom. The third-order valence-corrected chi connectivity index (χ3v) is 1.25. The Bertz CT molecular complexity index is 216. The highest BCUT2D eigenvalue weighted by Gasteiger charge is 2.38. The number of hydrogen-bond acceptors (Lipinski definition) is 2. The lowest BCUT2D eigenvalue weighted by atomic mass is 10.1. The molecule has 0 radical (unpaired) electrons. The van der Waals surface area contributed by atoms with Gasteiger partial charge in [0.2, 0.25) is 0 Å². The molecule has 2 nitrogen and oxygen atoms in total. The van der Waals surface area contributed by atoms with Gasteiger partial charge < -0.3 is 10.2 Å². The standard InChI is InChI=1S/C6H6F3NO/c7-6(8,9)5(10)4-1-2-11-3-4/h1-3,5H,10H2/t5-/m1/s1. The van der Waals surface area contributed by atoms with Gasteiger partial charge >= 0.3 is 6.18 Å². The average molecular weight is 165 g/mol. The van der Waals surface area contributed by atoms with Crippen LogP contribution >= 0.6 is 0 Å². The maximum atomic E-state index is 11.8. The minimum Gasteiger partial charge on any atom is -0.472 e. The predicted molar refractivity (Wildman–Crippen MR) is 31.7 cm³/mol. The van der Waals surface area contributed by atoms with E-state index in [1.807, 2.05) is 0 Å². The van der Waals surface area contributed by atoms with Crippen LogP contribution < -0.4 is 5.73 Å². The van der Waals surface area contributed by atoms with Gasteiger partial charge in [0.05, 0.1) is 12.5 Å². The van der Waals surface area contributed by atoms with Crippen LogP contribution in [0.25, 0.3) is 0 Å². The van der Waals surface area contributed by atoms with Crippen LogP contribution in [-0.2, 0) is 0 Å². The summed E-state index contributed by atoms with van der Waals surface area (Å²) in [5, 5.41) is 0. The number of alkyl halides is 3. The SMILES string of the molecule is N[C@H](c1ccoc1)C(F)(F)F. The van der Waals surface area contributed by atoms with Gasteiger partial charge in [-0.25, -0.2) is 0 Å². The van der Waals surface area contributed by atoms with Gasteiger partial charge in [-0.15, -0.1) is 0 Å². The summed E-state index contributed by atoms with van der Waals surface area (Å²) in [7, 11) is 0. The number of halogens is 3. The fraction of sp³-hybridized carbons (Fsp3) is 0.333. The Kier molecular flexibility index (Phi) is 1.90. The fourth-order valence-electron chi connectivity index (χ4n) is 0.641. The second-order valence-corrected chi connectivity index (χ2v) is 2.08. The monoisotopic (exact) mass is 165 g/mol. The molecular formula is C6H6F3NO. The van der Waals surface area contributed by atoms with Crippen molar-refractivity contribution in [2.75, 3.05) is 0 Å². The molecule has 0 fully saturated rings. The van der Waals surface area contributed by atoms with Gasteiger partial charge in [0.15, 0.2) is 0 Å². The summed E-state index contributed by atoms with van der Waals surface area (Å²) in [5.74, 6) is 0. The highest BCUT2D eigenvalue weighted by atomic mass is 19.4. The molecule has 11 heavy (non-hydrogen) atoms.